The molecule has 24 heavy (non-hydrogen) atoms. The van der Waals surface area contributed by atoms with Crippen molar-refractivity contribution in [1.82, 2.24) is 0 Å². The minimum absolute atomic E-state index is 0.0476. The number of aryl methyl sites for hydroxylation is 1. The van der Waals surface area contributed by atoms with Gasteiger partial charge in [0.15, 0.2) is 0 Å². The molecule has 128 valence electrons. The van der Waals surface area contributed by atoms with Gasteiger partial charge in [-0.1, -0.05) is 44.5 Å². The van der Waals surface area contributed by atoms with Gasteiger partial charge in [-0.15, -0.1) is 0 Å². The highest BCUT2D eigenvalue weighted by Crippen LogP contribution is 2.32. The lowest BCUT2D eigenvalue weighted by molar-refractivity contribution is -0.384. The Bertz CT molecular complexity index is 866. The van der Waals surface area contributed by atoms with Gasteiger partial charge < -0.3 is 0 Å². The molecule has 2 aromatic carbocycles. The molecule has 0 fully saturated rings. The largest absolute Gasteiger partial charge is 0.293 e. The summed E-state index contributed by atoms with van der Waals surface area (Å²) in [5, 5.41) is 11.3. The number of anilines is 1. The van der Waals surface area contributed by atoms with Gasteiger partial charge in [-0.2, -0.15) is 0 Å². The van der Waals surface area contributed by atoms with E-state index in [1.807, 2.05) is 27.7 Å². The molecule has 0 amide bonds. The Morgan fingerprint density at radius 1 is 1.04 bits per heavy atom. The third-order valence-electron chi connectivity index (χ3n) is 3.64. The van der Waals surface area contributed by atoms with Crippen molar-refractivity contribution in [1.29, 1.82) is 0 Å². The van der Waals surface area contributed by atoms with Crippen LogP contribution in [0.4, 0.5) is 11.4 Å². The molecule has 7 heteroatoms. The van der Waals surface area contributed by atoms with Crippen molar-refractivity contribution in [3.63, 3.8) is 0 Å². The SMILES string of the molecule is Cc1ccc(S(=O)(=O)Nc2ccc(C(C)(C)C)cc2[N+](=O)[O-])cc1. The zero-order valence-electron chi connectivity index (χ0n) is 14.0. The number of hydrogen-bond acceptors (Lipinski definition) is 4. The minimum atomic E-state index is -3.89. The molecule has 6 nitrogen and oxygen atoms in total. The molecule has 0 aliphatic carbocycles. The van der Waals surface area contributed by atoms with E-state index >= 15 is 0 Å². The van der Waals surface area contributed by atoms with Gasteiger partial charge in [-0.05, 0) is 36.1 Å². The Morgan fingerprint density at radius 2 is 1.62 bits per heavy atom. The van der Waals surface area contributed by atoms with E-state index in [4.69, 9.17) is 0 Å². The van der Waals surface area contributed by atoms with Gasteiger partial charge in [0.2, 0.25) is 0 Å². The lowest BCUT2D eigenvalue weighted by atomic mass is 9.87. The Morgan fingerprint density at radius 3 is 2.12 bits per heavy atom. The molecule has 0 aromatic heterocycles. The predicted octanol–water partition coefficient (Wildman–Crippen LogP) is 4.00. The summed E-state index contributed by atoms with van der Waals surface area (Å²) in [6.45, 7) is 7.65. The average Bonchev–Trinajstić information content (AvgIpc) is 2.46. The second-order valence-corrected chi connectivity index (χ2v) is 8.34. The summed E-state index contributed by atoms with van der Waals surface area (Å²) < 4.78 is 27.2. The fraction of sp³-hybridized carbons (Fsp3) is 0.294. The van der Waals surface area contributed by atoms with E-state index in [1.54, 1.807) is 18.2 Å². The van der Waals surface area contributed by atoms with Crippen LogP contribution in [0.15, 0.2) is 47.4 Å². The molecule has 0 unspecified atom stereocenters. The molecule has 0 atom stereocenters. The van der Waals surface area contributed by atoms with Gasteiger partial charge >= 0.3 is 0 Å². The minimum Gasteiger partial charge on any atom is -0.273 e. The van der Waals surface area contributed by atoms with Crippen LogP contribution >= 0.6 is 0 Å². The van der Waals surface area contributed by atoms with E-state index in [0.29, 0.717) is 0 Å². The van der Waals surface area contributed by atoms with Gasteiger partial charge in [0, 0.05) is 6.07 Å². The molecule has 0 radical (unpaired) electrons. The molecule has 2 aromatic rings. The Kier molecular flexibility index (Phi) is 4.66. The molecule has 0 aliphatic heterocycles. The van der Waals surface area contributed by atoms with Crippen LogP contribution in [0.1, 0.15) is 31.9 Å². The van der Waals surface area contributed by atoms with Crippen molar-refractivity contribution in [3.8, 4) is 0 Å². The first-order valence-electron chi connectivity index (χ1n) is 7.39. The number of hydrogen-bond donors (Lipinski definition) is 1. The third kappa shape index (κ3) is 3.91. The molecule has 0 heterocycles. The van der Waals surface area contributed by atoms with E-state index in [2.05, 4.69) is 4.72 Å². The molecular formula is C17H20N2O4S. The first kappa shape index (κ1) is 17.9. The molecule has 0 bridgehead atoms. The van der Waals surface area contributed by atoms with Crippen molar-refractivity contribution in [2.45, 2.75) is 38.0 Å². The van der Waals surface area contributed by atoms with Crippen molar-refractivity contribution >= 4 is 21.4 Å². The number of benzene rings is 2. The monoisotopic (exact) mass is 348 g/mol. The fourth-order valence-corrected chi connectivity index (χ4v) is 3.23. The summed E-state index contributed by atoms with van der Waals surface area (Å²) >= 11 is 0. The van der Waals surface area contributed by atoms with E-state index in [9.17, 15) is 18.5 Å². The normalized spacial score (nSPS) is 12.0. The van der Waals surface area contributed by atoms with Gasteiger partial charge in [-0.25, -0.2) is 8.42 Å². The van der Waals surface area contributed by atoms with Crippen molar-refractivity contribution < 1.29 is 13.3 Å². The maximum atomic E-state index is 12.4. The smallest absolute Gasteiger partial charge is 0.273 e. The number of rotatable bonds is 4. The zero-order chi connectivity index (χ0) is 18.1. The maximum absolute atomic E-state index is 12.4. The molecule has 0 spiro atoms. The van der Waals surface area contributed by atoms with Crippen LogP contribution in [-0.4, -0.2) is 13.3 Å². The van der Waals surface area contributed by atoms with Crippen molar-refractivity contribution in [2.75, 3.05) is 4.72 Å². The highest BCUT2D eigenvalue weighted by atomic mass is 32.2. The highest BCUT2D eigenvalue weighted by molar-refractivity contribution is 7.92. The summed E-state index contributed by atoms with van der Waals surface area (Å²) in [5.41, 5.74) is 1.09. The second-order valence-electron chi connectivity index (χ2n) is 6.66. The number of nitro benzene ring substituents is 1. The van der Waals surface area contributed by atoms with Crippen LogP contribution in [0.2, 0.25) is 0 Å². The molecule has 0 aliphatic rings. The first-order valence-corrected chi connectivity index (χ1v) is 8.87. The Balaban J connectivity index is 2.45. The number of sulfonamides is 1. The number of nitrogens with one attached hydrogen (secondary N) is 1. The Labute approximate surface area is 141 Å². The lowest BCUT2D eigenvalue weighted by Gasteiger charge is -2.19. The van der Waals surface area contributed by atoms with Crippen LogP contribution in [0.25, 0.3) is 0 Å². The molecule has 2 rings (SSSR count). The molecule has 1 N–H and O–H groups in total. The summed E-state index contributed by atoms with van der Waals surface area (Å²) in [7, 11) is -3.89. The van der Waals surface area contributed by atoms with Gasteiger partial charge in [-0.3, -0.25) is 14.8 Å². The van der Waals surface area contributed by atoms with Crippen molar-refractivity contribution in [3.05, 3.63) is 63.7 Å². The highest BCUT2D eigenvalue weighted by Gasteiger charge is 2.24. The molecule has 0 saturated heterocycles. The second kappa shape index (κ2) is 6.24. The molecular weight excluding hydrogens is 328 g/mol. The summed E-state index contributed by atoms with van der Waals surface area (Å²) in [5.74, 6) is 0. The zero-order valence-corrected chi connectivity index (χ0v) is 14.8. The molecule has 0 saturated carbocycles. The first-order chi connectivity index (χ1) is 11.0. The van der Waals surface area contributed by atoms with Crippen LogP contribution in [0, 0.1) is 17.0 Å². The number of nitro groups is 1. The van der Waals surface area contributed by atoms with Crippen LogP contribution in [0.5, 0.6) is 0 Å². The van der Waals surface area contributed by atoms with Crippen molar-refractivity contribution in [2.24, 2.45) is 0 Å². The predicted molar refractivity (Wildman–Crippen MR) is 93.8 cm³/mol. The summed E-state index contributed by atoms with van der Waals surface area (Å²) in [6, 6.07) is 10.8. The third-order valence-corrected chi connectivity index (χ3v) is 5.02. The van der Waals surface area contributed by atoms with Gasteiger partial charge in [0.1, 0.15) is 5.69 Å². The summed E-state index contributed by atoms with van der Waals surface area (Å²) in [6.07, 6.45) is 0. The quantitative estimate of drug-likeness (QED) is 0.668. The standard InChI is InChI=1S/C17H20N2O4S/c1-12-5-8-14(9-6-12)24(22,23)18-15-10-7-13(17(2,3)4)11-16(15)19(20)21/h5-11,18H,1-4H3. The topological polar surface area (TPSA) is 89.3 Å². The van der Waals surface area contributed by atoms with Crippen LogP contribution in [-0.2, 0) is 15.4 Å². The average molecular weight is 348 g/mol. The van der Waals surface area contributed by atoms with Gasteiger partial charge in [0.25, 0.3) is 15.7 Å². The van der Waals surface area contributed by atoms with Crippen LogP contribution in [0.3, 0.4) is 0 Å². The van der Waals surface area contributed by atoms with E-state index < -0.39 is 14.9 Å². The lowest BCUT2D eigenvalue weighted by Crippen LogP contribution is -2.16. The van der Waals surface area contributed by atoms with Crippen LogP contribution < -0.4 is 4.72 Å². The van der Waals surface area contributed by atoms with E-state index in [1.165, 1.54) is 24.3 Å². The van der Waals surface area contributed by atoms with Gasteiger partial charge in [0.05, 0.1) is 9.82 Å². The number of nitrogens with zero attached hydrogens (tertiary/aromatic N) is 1. The summed E-state index contributed by atoms with van der Waals surface area (Å²) in [4.78, 5) is 10.8. The van der Waals surface area contributed by atoms with E-state index in [-0.39, 0.29) is 21.7 Å². The Hall–Kier alpha value is -2.41. The van der Waals surface area contributed by atoms with E-state index in [0.717, 1.165) is 11.1 Å². The fourth-order valence-electron chi connectivity index (χ4n) is 2.16. The maximum Gasteiger partial charge on any atom is 0.293 e.